The van der Waals surface area contributed by atoms with Gasteiger partial charge in [0.05, 0.1) is 0 Å². The Morgan fingerprint density at radius 3 is 2.29 bits per heavy atom. The van der Waals surface area contributed by atoms with Crippen LogP contribution in [-0.4, -0.2) is 54.8 Å². The van der Waals surface area contributed by atoms with E-state index in [0.717, 1.165) is 6.54 Å². The summed E-state index contributed by atoms with van der Waals surface area (Å²) < 4.78 is 0. The van der Waals surface area contributed by atoms with Crippen LogP contribution in [0.3, 0.4) is 0 Å². The number of likely N-dealkylation sites (N-methyl/N-ethyl adjacent to an activating group) is 1. The van der Waals surface area contributed by atoms with Crippen molar-refractivity contribution < 1.29 is 9.59 Å². The van der Waals surface area contributed by atoms with Gasteiger partial charge >= 0.3 is 0 Å². The van der Waals surface area contributed by atoms with Crippen molar-refractivity contribution in [3.05, 3.63) is 0 Å². The maximum atomic E-state index is 11.4. The van der Waals surface area contributed by atoms with Gasteiger partial charge in [-0.15, -0.1) is 0 Å². The van der Waals surface area contributed by atoms with Crippen LogP contribution in [0, 0.1) is 5.41 Å². The Hall–Kier alpha value is -0.940. The minimum atomic E-state index is -0.0403. The van der Waals surface area contributed by atoms with E-state index in [1.807, 2.05) is 7.05 Å². The molecule has 1 aliphatic rings. The topological polar surface area (TPSA) is 66.6 Å². The van der Waals surface area contributed by atoms with Gasteiger partial charge in [0.25, 0.3) is 0 Å². The van der Waals surface area contributed by atoms with Gasteiger partial charge in [-0.25, -0.2) is 0 Å². The molecule has 0 atom stereocenters. The molecule has 5 heteroatoms. The molecule has 98 valence electrons. The first-order chi connectivity index (χ1) is 7.85. The number of imide groups is 1. The van der Waals surface area contributed by atoms with E-state index in [-0.39, 0.29) is 17.2 Å². The van der Waals surface area contributed by atoms with Crippen LogP contribution in [0.4, 0.5) is 0 Å². The van der Waals surface area contributed by atoms with Crippen molar-refractivity contribution in [3.8, 4) is 0 Å². The molecule has 1 saturated heterocycles. The van der Waals surface area contributed by atoms with Crippen LogP contribution in [0.5, 0.6) is 0 Å². The maximum absolute atomic E-state index is 11.4. The second-order valence-corrected chi connectivity index (χ2v) is 5.55. The lowest BCUT2D eigenvalue weighted by Crippen LogP contribution is -2.41. The lowest BCUT2D eigenvalue weighted by Gasteiger charge is -2.29. The Bertz CT molecular complexity index is 286. The lowest BCUT2D eigenvalue weighted by atomic mass is 9.93. The molecule has 0 saturated carbocycles. The van der Waals surface area contributed by atoms with E-state index in [9.17, 15) is 9.59 Å². The SMILES string of the molecule is CN(CCN1C(=O)CCC1=O)CC(C)(C)CN. The molecule has 1 heterocycles. The summed E-state index contributed by atoms with van der Waals surface area (Å²) in [7, 11) is 1.99. The number of amides is 2. The van der Waals surface area contributed by atoms with Crippen molar-refractivity contribution in [1.29, 1.82) is 0 Å². The molecule has 1 rings (SSSR count). The highest BCUT2D eigenvalue weighted by Crippen LogP contribution is 2.15. The Kier molecular flexibility index (Phi) is 4.65. The van der Waals surface area contributed by atoms with Crippen molar-refractivity contribution in [2.75, 3.05) is 33.2 Å². The fourth-order valence-corrected chi connectivity index (χ4v) is 2.02. The molecule has 17 heavy (non-hydrogen) atoms. The molecule has 5 nitrogen and oxygen atoms in total. The van der Waals surface area contributed by atoms with Gasteiger partial charge in [0, 0.05) is 32.5 Å². The molecule has 2 amide bonds. The highest BCUT2D eigenvalue weighted by atomic mass is 16.2. The molecule has 2 N–H and O–H groups in total. The van der Waals surface area contributed by atoms with Gasteiger partial charge in [-0.1, -0.05) is 13.8 Å². The van der Waals surface area contributed by atoms with Gasteiger partial charge in [-0.05, 0) is 19.0 Å². The molecule has 1 aliphatic heterocycles. The maximum Gasteiger partial charge on any atom is 0.229 e. The summed E-state index contributed by atoms with van der Waals surface area (Å²) in [6.45, 7) is 6.90. The van der Waals surface area contributed by atoms with Gasteiger partial charge in [-0.3, -0.25) is 14.5 Å². The number of hydrogen-bond donors (Lipinski definition) is 1. The largest absolute Gasteiger partial charge is 0.330 e. The average molecular weight is 241 g/mol. The van der Waals surface area contributed by atoms with Crippen LogP contribution in [-0.2, 0) is 9.59 Å². The Morgan fingerprint density at radius 2 is 1.82 bits per heavy atom. The van der Waals surface area contributed by atoms with Crippen LogP contribution in [0.15, 0.2) is 0 Å². The number of carbonyl (C=O) groups is 2. The van der Waals surface area contributed by atoms with Gasteiger partial charge < -0.3 is 10.6 Å². The molecule has 0 radical (unpaired) electrons. The van der Waals surface area contributed by atoms with Crippen LogP contribution >= 0.6 is 0 Å². The third-order valence-corrected chi connectivity index (χ3v) is 3.11. The molecule has 0 aromatic heterocycles. The van der Waals surface area contributed by atoms with E-state index < -0.39 is 0 Å². The molecule has 0 unspecified atom stereocenters. The van der Waals surface area contributed by atoms with Crippen molar-refractivity contribution >= 4 is 11.8 Å². The second kappa shape index (κ2) is 5.60. The smallest absolute Gasteiger partial charge is 0.229 e. The summed E-state index contributed by atoms with van der Waals surface area (Å²) in [5.74, 6) is -0.0806. The number of likely N-dealkylation sites (tertiary alicyclic amines) is 1. The van der Waals surface area contributed by atoms with Crippen LogP contribution < -0.4 is 5.73 Å². The highest BCUT2D eigenvalue weighted by Gasteiger charge is 2.28. The Labute approximate surface area is 103 Å². The van der Waals surface area contributed by atoms with Crippen molar-refractivity contribution in [2.24, 2.45) is 11.1 Å². The number of nitrogens with two attached hydrogens (primary N) is 1. The van der Waals surface area contributed by atoms with Gasteiger partial charge in [-0.2, -0.15) is 0 Å². The number of nitrogens with zero attached hydrogens (tertiary/aromatic N) is 2. The Morgan fingerprint density at radius 1 is 1.29 bits per heavy atom. The van der Waals surface area contributed by atoms with Crippen molar-refractivity contribution in [2.45, 2.75) is 26.7 Å². The van der Waals surface area contributed by atoms with Crippen LogP contribution in [0.25, 0.3) is 0 Å². The summed E-state index contributed by atoms with van der Waals surface area (Å²) >= 11 is 0. The number of hydrogen-bond acceptors (Lipinski definition) is 4. The average Bonchev–Trinajstić information content (AvgIpc) is 2.55. The summed E-state index contributed by atoms with van der Waals surface area (Å²) in [5, 5.41) is 0. The van der Waals surface area contributed by atoms with E-state index in [4.69, 9.17) is 5.73 Å². The quantitative estimate of drug-likeness (QED) is 0.667. The van der Waals surface area contributed by atoms with E-state index in [2.05, 4.69) is 18.7 Å². The highest BCUT2D eigenvalue weighted by molar-refractivity contribution is 6.01. The van der Waals surface area contributed by atoms with Crippen LogP contribution in [0.1, 0.15) is 26.7 Å². The van der Waals surface area contributed by atoms with Gasteiger partial charge in [0.2, 0.25) is 11.8 Å². The van der Waals surface area contributed by atoms with E-state index in [1.54, 1.807) is 0 Å². The van der Waals surface area contributed by atoms with E-state index in [0.29, 0.717) is 32.5 Å². The first-order valence-electron chi connectivity index (χ1n) is 6.07. The number of rotatable bonds is 6. The third-order valence-electron chi connectivity index (χ3n) is 3.11. The fraction of sp³-hybridized carbons (Fsp3) is 0.833. The molecule has 0 aromatic rings. The predicted molar refractivity (Wildman–Crippen MR) is 66.3 cm³/mol. The van der Waals surface area contributed by atoms with E-state index in [1.165, 1.54) is 4.90 Å². The van der Waals surface area contributed by atoms with Crippen molar-refractivity contribution in [1.82, 2.24) is 9.80 Å². The summed E-state index contributed by atoms with van der Waals surface area (Å²) in [6, 6.07) is 0. The monoisotopic (exact) mass is 241 g/mol. The summed E-state index contributed by atoms with van der Waals surface area (Å²) in [5.41, 5.74) is 5.73. The normalized spacial score (nSPS) is 17.4. The molecule has 0 aliphatic carbocycles. The molecule has 1 fully saturated rings. The molecular formula is C12H23N3O2. The minimum Gasteiger partial charge on any atom is -0.330 e. The summed E-state index contributed by atoms with van der Waals surface area (Å²) in [6.07, 6.45) is 0.744. The van der Waals surface area contributed by atoms with E-state index >= 15 is 0 Å². The lowest BCUT2D eigenvalue weighted by molar-refractivity contribution is -0.138. The second-order valence-electron chi connectivity index (χ2n) is 5.55. The molecule has 0 aromatic carbocycles. The fourth-order valence-electron chi connectivity index (χ4n) is 2.02. The number of carbonyl (C=O) groups excluding carboxylic acids is 2. The predicted octanol–water partition coefficient (Wildman–Crippen LogP) is 0.0521. The molecular weight excluding hydrogens is 218 g/mol. The van der Waals surface area contributed by atoms with Gasteiger partial charge in [0.15, 0.2) is 0 Å². The first-order valence-corrected chi connectivity index (χ1v) is 6.07. The zero-order chi connectivity index (χ0) is 13.1. The molecule has 0 bridgehead atoms. The van der Waals surface area contributed by atoms with Gasteiger partial charge in [0.1, 0.15) is 0 Å². The van der Waals surface area contributed by atoms with Crippen molar-refractivity contribution in [3.63, 3.8) is 0 Å². The zero-order valence-corrected chi connectivity index (χ0v) is 11.0. The molecule has 0 spiro atoms. The zero-order valence-electron chi connectivity index (χ0n) is 11.0. The Balaban J connectivity index is 2.35. The first kappa shape index (κ1) is 14.1. The van der Waals surface area contributed by atoms with Crippen LogP contribution in [0.2, 0.25) is 0 Å². The third kappa shape index (κ3) is 4.09. The standard InChI is InChI=1S/C12H23N3O2/c1-12(2,8-13)9-14(3)6-7-15-10(16)4-5-11(15)17/h4-9,13H2,1-3H3. The summed E-state index contributed by atoms with van der Waals surface area (Å²) in [4.78, 5) is 26.3. The minimum absolute atomic E-state index is 0.0403.